The van der Waals surface area contributed by atoms with Crippen LogP contribution in [0.2, 0.25) is 0 Å². The first-order chi connectivity index (χ1) is 11.3. The lowest BCUT2D eigenvalue weighted by atomic mass is 9.90. The van der Waals surface area contributed by atoms with Crippen molar-refractivity contribution in [1.29, 1.82) is 0 Å². The molecule has 144 valence electrons. The van der Waals surface area contributed by atoms with Gasteiger partial charge in [-0.25, -0.2) is 0 Å². The Labute approximate surface area is 153 Å². The average molecular weight is 339 g/mol. The molecule has 0 amide bonds. The zero-order valence-electron chi connectivity index (χ0n) is 17.7. The molecular formula is C23H46O. The lowest BCUT2D eigenvalue weighted by Crippen LogP contribution is -2.02. The number of carbonyl (C=O) groups excluding carboxylic acids is 1. The van der Waals surface area contributed by atoms with Crippen molar-refractivity contribution < 1.29 is 4.79 Å². The minimum atomic E-state index is 0.342. The molecule has 0 fully saturated rings. The fourth-order valence-corrected chi connectivity index (χ4v) is 3.64. The van der Waals surface area contributed by atoms with E-state index in [9.17, 15) is 4.79 Å². The highest BCUT2D eigenvalue weighted by Gasteiger charge is 2.08. The summed E-state index contributed by atoms with van der Waals surface area (Å²) in [4.78, 5) is 11.0. The Balaban J connectivity index is 3.51. The summed E-state index contributed by atoms with van der Waals surface area (Å²) < 4.78 is 0. The van der Waals surface area contributed by atoms with Crippen molar-refractivity contribution in [2.45, 2.75) is 119 Å². The van der Waals surface area contributed by atoms with Crippen LogP contribution in [-0.4, -0.2) is 5.78 Å². The molecule has 1 heteroatoms. The van der Waals surface area contributed by atoms with Gasteiger partial charge in [-0.15, -0.1) is 0 Å². The standard InChI is InChI=1S/C23H46O/c1-19(2)11-7-12-20(3)13-8-14-21(4)15-9-16-22(5)17-10-18-23(6)24/h19-22H,7-18H2,1-6H3/t20-,21-,22-/m1/s1. The molecule has 0 radical (unpaired) electrons. The molecule has 0 aromatic carbocycles. The van der Waals surface area contributed by atoms with E-state index in [4.69, 9.17) is 0 Å². The quantitative estimate of drug-likeness (QED) is 0.280. The highest BCUT2D eigenvalue weighted by molar-refractivity contribution is 5.75. The third kappa shape index (κ3) is 16.5. The topological polar surface area (TPSA) is 17.1 Å². The number of hydrogen-bond donors (Lipinski definition) is 0. The van der Waals surface area contributed by atoms with Crippen LogP contribution in [0.1, 0.15) is 119 Å². The molecule has 0 saturated carbocycles. The van der Waals surface area contributed by atoms with Crippen LogP contribution in [0, 0.1) is 23.7 Å². The van der Waals surface area contributed by atoms with Crippen LogP contribution in [0.4, 0.5) is 0 Å². The number of hydrogen-bond acceptors (Lipinski definition) is 1. The normalized spacial score (nSPS) is 15.5. The Hall–Kier alpha value is -0.330. The van der Waals surface area contributed by atoms with Gasteiger partial charge in [0.05, 0.1) is 0 Å². The van der Waals surface area contributed by atoms with Crippen molar-refractivity contribution in [2.75, 3.05) is 0 Å². The fourth-order valence-electron chi connectivity index (χ4n) is 3.64. The monoisotopic (exact) mass is 338 g/mol. The maximum Gasteiger partial charge on any atom is 0.129 e. The molecule has 0 aliphatic heterocycles. The van der Waals surface area contributed by atoms with Crippen LogP contribution in [0.5, 0.6) is 0 Å². The summed E-state index contributed by atoms with van der Waals surface area (Å²) in [5.41, 5.74) is 0. The zero-order valence-corrected chi connectivity index (χ0v) is 17.7. The van der Waals surface area contributed by atoms with Gasteiger partial charge in [-0.2, -0.15) is 0 Å². The van der Waals surface area contributed by atoms with Crippen LogP contribution in [0.3, 0.4) is 0 Å². The summed E-state index contributed by atoms with van der Waals surface area (Å²) in [6.45, 7) is 13.6. The summed E-state index contributed by atoms with van der Waals surface area (Å²) in [6.07, 6.45) is 15.7. The molecule has 0 saturated heterocycles. The third-order valence-corrected chi connectivity index (χ3v) is 5.49. The van der Waals surface area contributed by atoms with Crippen LogP contribution < -0.4 is 0 Å². The number of Topliss-reactive ketones (excluding diaryl/α,β-unsaturated/α-hetero) is 1. The predicted molar refractivity (Wildman–Crippen MR) is 108 cm³/mol. The maximum atomic E-state index is 11.0. The molecule has 0 bridgehead atoms. The first-order valence-corrected chi connectivity index (χ1v) is 10.8. The van der Waals surface area contributed by atoms with E-state index in [-0.39, 0.29) is 0 Å². The van der Waals surface area contributed by atoms with Crippen LogP contribution in [0.25, 0.3) is 0 Å². The van der Waals surface area contributed by atoms with Crippen LogP contribution >= 0.6 is 0 Å². The van der Waals surface area contributed by atoms with Crippen molar-refractivity contribution in [3.63, 3.8) is 0 Å². The third-order valence-electron chi connectivity index (χ3n) is 5.49. The van der Waals surface area contributed by atoms with Gasteiger partial charge < -0.3 is 4.79 Å². The van der Waals surface area contributed by atoms with Gasteiger partial charge in [-0.3, -0.25) is 0 Å². The smallest absolute Gasteiger partial charge is 0.129 e. The van der Waals surface area contributed by atoms with Crippen molar-refractivity contribution in [3.8, 4) is 0 Å². The van der Waals surface area contributed by atoms with Gasteiger partial charge >= 0.3 is 0 Å². The van der Waals surface area contributed by atoms with Crippen molar-refractivity contribution >= 4 is 5.78 Å². The van der Waals surface area contributed by atoms with E-state index in [1.165, 1.54) is 64.2 Å². The molecule has 0 rings (SSSR count). The second-order valence-electron chi connectivity index (χ2n) is 9.10. The van der Waals surface area contributed by atoms with E-state index in [2.05, 4.69) is 34.6 Å². The minimum Gasteiger partial charge on any atom is -0.300 e. The van der Waals surface area contributed by atoms with Gasteiger partial charge in [-0.05, 0) is 37.0 Å². The Morgan fingerprint density at radius 2 is 0.917 bits per heavy atom. The van der Waals surface area contributed by atoms with Crippen LogP contribution in [-0.2, 0) is 4.79 Å². The molecular weight excluding hydrogens is 292 g/mol. The fraction of sp³-hybridized carbons (Fsp3) is 0.957. The van der Waals surface area contributed by atoms with Gasteiger partial charge in [0.1, 0.15) is 5.78 Å². The second-order valence-corrected chi connectivity index (χ2v) is 9.10. The lowest BCUT2D eigenvalue weighted by Gasteiger charge is -2.16. The van der Waals surface area contributed by atoms with Gasteiger partial charge in [0.2, 0.25) is 0 Å². The predicted octanol–water partition coefficient (Wildman–Crippen LogP) is 7.82. The molecule has 3 atom stereocenters. The van der Waals surface area contributed by atoms with E-state index < -0.39 is 0 Å². The van der Waals surface area contributed by atoms with Crippen molar-refractivity contribution in [1.82, 2.24) is 0 Å². The summed E-state index contributed by atoms with van der Waals surface area (Å²) >= 11 is 0. The molecule has 0 N–H and O–H groups in total. The molecule has 0 aliphatic rings. The number of carbonyl (C=O) groups is 1. The van der Waals surface area contributed by atoms with Crippen LogP contribution in [0.15, 0.2) is 0 Å². The summed E-state index contributed by atoms with van der Waals surface area (Å²) in [7, 11) is 0. The van der Waals surface area contributed by atoms with Crippen molar-refractivity contribution in [2.24, 2.45) is 23.7 Å². The summed E-state index contributed by atoms with van der Waals surface area (Å²) in [5, 5.41) is 0. The van der Waals surface area contributed by atoms with Gasteiger partial charge in [0.25, 0.3) is 0 Å². The Bertz CT molecular complexity index is 294. The molecule has 0 aliphatic carbocycles. The van der Waals surface area contributed by atoms with E-state index in [0.717, 1.165) is 36.5 Å². The van der Waals surface area contributed by atoms with Gasteiger partial charge in [0, 0.05) is 6.42 Å². The van der Waals surface area contributed by atoms with E-state index >= 15 is 0 Å². The minimum absolute atomic E-state index is 0.342. The largest absolute Gasteiger partial charge is 0.300 e. The summed E-state index contributed by atoms with van der Waals surface area (Å²) in [5.74, 6) is 3.79. The second kappa shape index (κ2) is 15.0. The number of rotatable bonds is 16. The summed E-state index contributed by atoms with van der Waals surface area (Å²) in [6, 6.07) is 0. The van der Waals surface area contributed by atoms with E-state index in [0.29, 0.717) is 5.78 Å². The molecule has 24 heavy (non-hydrogen) atoms. The average Bonchev–Trinajstić information content (AvgIpc) is 2.46. The molecule has 0 spiro atoms. The van der Waals surface area contributed by atoms with E-state index in [1.807, 2.05) is 0 Å². The van der Waals surface area contributed by atoms with E-state index in [1.54, 1.807) is 6.92 Å². The van der Waals surface area contributed by atoms with Gasteiger partial charge in [-0.1, -0.05) is 98.8 Å². The Kier molecular flexibility index (Phi) is 14.8. The molecule has 0 heterocycles. The number of ketones is 1. The zero-order chi connectivity index (χ0) is 18.4. The Morgan fingerprint density at radius 3 is 1.25 bits per heavy atom. The molecule has 1 nitrogen and oxygen atoms in total. The maximum absolute atomic E-state index is 11.0. The lowest BCUT2D eigenvalue weighted by molar-refractivity contribution is -0.117. The SMILES string of the molecule is CC(=O)CCC[C@H](C)CCC[C@H](C)CCC[C@H](C)CCCC(C)C. The first-order valence-electron chi connectivity index (χ1n) is 10.8. The molecule has 0 unspecified atom stereocenters. The molecule has 0 aromatic heterocycles. The first kappa shape index (κ1) is 23.7. The Morgan fingerprint density at radius 1 is 0.583 bits per heavy atom. The van der Waals surface area contributed by atoms with Crippen molar-refractivity contribution in [3.05, 3.63) is 0 Å². The highest BCUT2D eigenvalue weighted by Crippen LogP contribution is 2.23. The highest BCUT2D eigenvalue weighted by atomic mass is 16.1. The molecule has 0 aromatic rings. The van der Waals surface area contributed by atoms with Gasteiger partial charge in [0.15, 0.2) is 0 Å².